The minimum Gasteiger partial charge on any atom is -0.382 e. The lowest BCUT2D eigenvalue weighted by Crippen LogP contribution is -2.42. The van der Waals surface area contributed by atoms with Crippen LogP contribution >= 0.6 is 24.0 Å². The van der Waals surface area contributed by atoms with Gasteiger partial charge in [-0.2, -0.15) is 0 Å². The van der Waals surface area contributed by atoms with Gasteiger partial charge in [-0.1, -0.05) is 20.8 Å². The van der Waals surface area contributed by atoms with Gasteiger partial charge in [0.1, 0.15) is 0 Å². The summed E-state index contributed by atoms with van der Waals surface area (Å²) in [5.41, 5.74) is 0.380. The lowest BCUT2D eigenvalue weighted by atomic mass is 9.89. The van der Waals surface area contributed by atoms with Gasteiger partial charge in [-0.05, 0) is 38.5 Å². The average molecular weight is 443 g/mol. The number of hydrogen-bond acceptors (Lipinski definition) is 3. The van der Waals surface area contributed by atoms with Crippen LogP contribution in [0.3, 0.4) is 0 Å². The van der Waals surface area contributed by atoms with E-state index >= 15 is 0 Å². The zero-order chi connectivity index (χ0) is 16.8. The van der Waals surface area contributed by atoms with Gasteiger partial charge in [0.05, 0.1) is 13.2 Å². The summed E-state index contributed by atoms with van der Waals surface area (Å²) in [4.78, 5) is 4.60. The highest BCUT2D eigenvalue weighted by Crippen LogP contribution is 2.21. The second kappa shape index (κ2) is 15.4. The molecule has 0 spiro atoms. The predicted molar refractivity (Wildman–Crippen MR) is 110 cm³/mol. The zero-order valence-corrected chi connectivity index (χ0v) is 18.2. The minimum absolute atomic E-state index is 0. The molecular weight excluding hydrogens is 405 g/mol. The van der Waals surface area contributed by atoms with E-state index in [-0.39, 0.29) is 24.0 Å². The highest BCUT2D eigenvalue weighted by molar-refractivity contribution is 14.0. The molecule has 0 aromatic carbocycles. The number of ether oxygens (including phenoxy) is 2. The summed E-state index contributed by atoms with van der Waals surface area (Å²) in [7, 11) is 1.68. The quantitative estimate of drug-likeness (QED) is 0.222. The third-order valence-corrected chi connectivity index (χ3v) is 3.20. The highest BCUT2D eigenvalue weighted by Gasteiger charge is 2.13. The van der Waals surface area contributed by atoms with Crippen LogP contribution in [0.4, 0.5) is 0 Å². The first-order chi connectivity index (χ1) is 10.4. The van der Waals surface area contributed by atoms with E-state index in [1.807, 2.05) is 0 Å². The third kappa shape index (κ3) is 18.1. The highest BCUT2D eigenvalue weighted by atomic mass is 127. The van der Waals surface area contributed by atoms with E-state index in [1.165, 1.54) is 6.42 Å². The average Bonchev–Trinajstić information content (AvgIpc) is 2.43. The van der Waals surface area contributed by atoms with E-state index in [9.17, 15) is 0 Å². The normalized spacial score (nSPS) is 13.4. The van der Waals surface area contributed by atoms with Crippen molar-refractivity contribution in [2.75, 3.05) is 40.0 Å². The van der Waals surface area contributed by atoms with Crippen LogP contribution in [0.1, 0.15) is 53.9 Å². The van der Waals surface area contributed by atoms with Crippen molar-refractivity contribution in [3.63, 3.8) is 0 Å². The van der Waals surface area contributed by atoms with E-state index in [4.69, 9.17) is 9.47 Å². The van der Waals surface area contributed by atoms with Crippen molar-refractivity contribution in [1.29, 1.82) is 0 Å². The molecule has 0 bridgehead atoms. The fourth-order valence-corrected chi connectivity index (χ4v) is 1.88. The first kappa shape index (κ1) is 25.2. The second-order valence-corrected chi connectivity index (χ2v) is 6.86. The van der Waals surface area contributed by atoms with Crippen molar-refractivity contribution in [3.05, 3.63) is 0 Å². The van der Waals surface area contributed by atoms with Crippen LogP contribution in [0.5, 0.6) is 0 Å². The Bertz CT molecular complexity index is 294. The largest absolute Gasteiger partial charge is 0.382 e. The monoisotopic (exact) mass is 443 g/mol. The lowest BCUT2D eigenvalue weighted by molar-refractivity contribution is 0.0702. The molecule has 0 saturated heterocycles. The number of nitrogens with one attached hydrogen (secondary N) is 2. The Morgan fingerprint density at radius 1 is 1.17 bits per heavy atom. The standard InChI is InChI=1S/C17H37N3O2.HI/c1-7-18-16(19-11-8-12-22-14-13-21-6)20-15(2)9-10-17(3,4)5;/h15H,7-14H2,1-6H3,(H2,18,19,20);1H. The molecule has 140 valence electrons. The van der Waals surface area contributed by atoms with Crippen molar-refractivity contribution in [2.24, 2.45) is 10.4 Å². The maximum atomic E-state index is 5.44. The Hall–Kier alpha value is -0.0800. The summed E-state index contributed by atoms with van der Waals surface area (Å²) in [6.07, 6.45) is 3.28. The van der Waals surface area contributed by atoms with Crippen LogP contribution in [0.2, 0.25) is 0 Å². The summed E-state index contributed by atoms with van der Waals surface area (Å²) < 4.78 is 10.4. The maximum Gasteiger partial charge on any atom is 0.191 e. The molecule has 0 amide bonds. The molecule has 1 unspecified atom stereocenters. The van der Waals surface area contributed by atoms with Gasteiger partial charge in [0.15, 0.2) is 5.96 Å². The molecule has 2 N–H and O–H groups in total. The summed E-state index contributed by atoms with van der Waals surface area (Å²) in [6, 6.07) is 0.426. The van der Waals surface area contributed by atoms with E-state index < -0.39 is 0 Å². The van der Waals surface area contributed by atoms with Crippen LogP contribution < -0.4 is 10.6 Å². The predicted octanol–water partition coefficient (Wildman–Crippen LogP) is 3.43. The van der Waals surface area contributed by atoms with Crippen molar-refractivity contribution in [1.82, 2.24) is 10.6 Å². The lowest BCUT2D eigenvalue weighted by Gasteiger charge is -2.23. The minimum atomic E-state index is 0. The molecule has 0 heterocycles. The molecule has 0 rings (SSSR count). The first-order valence-corrected chi connectivity index (χ1v) is 8.50. The Balaban J connectivity index is 0. The molecule has 23 heavy (non-hydrogen) atoms. The molecule has 6 heteroatoms. The number of hydrogen-bond donors (Lipinski definition) is 2. The van der Waals surface area contributed by atoms with E-state index in [1.54, 1.807) is 7.11 Å². The van der Waals surface area contributed by atoms with Gasteiger partial charge in [0, 0.05) is 32.8 Å². The Kier molecular flexibility index (Phi) is 16.9. The van der Waals surface area contributed by atoms with Gasteiger partial charge in [0.2, 0.25) is 0 Å². The summed E-state index contributed by atoms with van der Waals surface area (Å²) in [5.74, 6) is 0.904. The van der Waals surface area contributed by atoms with Gasteiger partial charge in [-0.25, -0.2) is 0 Å². The number of nitrogens with zero attached hydrogens (tertiary/aromatic N) is 1. The Labute approximate surface area is 160 Å². The fraction of sp³-hybridized carbons (Fsp3) is 0.941. The number of rotatable bonds is 11. The van der Waals surface area contributed by atoms with Gasteiger partial charge >= 0.3 is 0 Å². The molecular formula is C17H38IN3O2. The molecule has 0 aliphatic carbocycles. The SMILES string of the molecule is CCNC(=NCCCOCCOC)NC(C)CCC(C)(C)C.I. The molecule has 0 aromatic rings. The fourth-order valence-electron chi connectivity index (χ4n) is 1.88. The van der Waals surface area contributed by atoms with Crippen LogP contribution in [0, 0.1) is 5.41 Å². The molecule has 0 aliphatic heterocycles. The van der Waals surface area contributed by atoms with E-state index in [0.29, 0.717) is 24.7 Å². The van der Waals surface area contributed by atoms with Crippen molar-refractivity contribution < 1.29 is 9.47 Å². The number of halogens is 1. The van der Waals surface area contributed by atoms with Crippen molar-refractivity contribution in [2.45, 2.75) is 59.9 Å². The molecule has 0 aromatic heterocycles. The number of guanidine groups is 1. The molecule has 1 atom stereocenters. The summed E-state index contributed by atoms with van der Waals surface area (Å²) >= 11 is 0. The third-order valence-electron chi connectivity index (χ3n) is 3.20. The van der Waals surface area contributed by atoms with Crippen molar-refractivity contribution >= 4 is 29.9 Å². The van der Waals surface area contributed by atoms with Crippen LogP contribution in [0.25, 0.3) is 0 Å². The summed E-state index contributed by atoms with van der Waals surface area (Å²) in [5, 5.41) is 6.78. The topological polar surface area (TPSA) is 54.9 Å². The molecule has 0 radical (unpaired) electrons. The number of methoxy groups -OCH3 is 1. The summed E-state index contributed by atoms with van der Waals surface area (Å²) in [6.45, 7) is 14.8. The van der Waals surface area contributed by atoms with Gasteiger partial charge in [0.25, 0.3) is 0 Å². The smallest absolute Gasteiger partial charge is 0.191 e. The van der Waals surface area contributed by atoms with Crippen molar-refractivity contribution in [3.8, 4) is 0 Å². The van der Waals surface area contributed by atoms with Crippen LogP contribution in [-0.4, -0.2) is 52.0 Å². The molecule has 5 nitrogen and oxygen atoms in total. The second-order valence-electron chi connectivity index (χ2n) is 6.86. The maximum absolute atomic E-state index is 5.44. The van der Waals surface area contributed by atoms with Crippen LogP contribution in [0.15, 0.2) is 4.99 Å². The molecule has 0 saturated carbocycles. The van der Waals surface area contributed by atoms with Gasteiger partial charge < -0.3 is 20.1 Å². The Morgan fingerprint density at radius 3 is 2.43 bits per heavy atom. The van der Waals surface area contributed by atoms with Crippen LogP contribution in [-0.2, 0) is 9.47 Å². The van der Waals surface area contributed by atoms with Gasteiger partial charge in [-0.3, -0.25) is 4.99 Å². The van der Waals surface area contributed by atoms with Gasteiger partial charge in [-0.15, -0.1) is 24.0 Å². The molecule has 0 aliphatic rings. The van der Waals surface area contributed by atoms with E-state index in [2.05, 4.69) is 50.2 Å². The first-order valence-electron chi connectivity index (χ1n) is 8.50. The molecule has 0 fully saturated rings. The van der Waals surface area contributed by atoms with E-state index in [0.717, 1.165) is 38.5 Å². The Morgan fingerprint density at radius 2 is 1.87 bits per heavy atom. The number of aliphatic imine (C=N–C) groups is 1. The zero-order valence-electron chi connectivity index (χ0n) is 15.9.